The molecule has 0 aliphatic carbocycles. The Bertz CT molecular complexity index is 879. The molecule has 0 radical (unpaired) electrons. The summed E-state index contributed by atoms with van der Waals surface area (Å²) in [4.78, 5) is 0. The summed E-state index contributed by atoms with van der Waals surface area (Å²) in [5, 5.41) is 21.5. The van der Waals surface area contributed by atoms with Gasteiger partial charge in [0.2, 0.25) is 0 Å². The fourth-order valence-corrected chi connectivity index (χ4v) is 2.39. The molecule has 1 aliphatic rings. The highest BCUT2D eigenvalue weighted by atomic mass is 19.1. The highest BCUT2D eigenvalue weighted by Gasteiger charge is 2.18. The number of halogens is 1. The highest BCUT2D eigenvalue weighted by Crippen LogP contribution is 2.36. The Morgan fingerprint density at radius 1 is 1.00 bits per heavy atom. The smallest absolute Gasteiger partial charge is 0.137 e. The van der Waals surface area contributed by atoms with Gasteiger partial charge in [0.15, 0.2) is 0 Å². The topological polar surface area (TPSA) is 59.6 Å². The SMILES string of the molecule is N#CC(C#N)=C1C=C(c2cccc(F)c2)Nc2ccccc21. The number of benzene rings is 2. The van der Waals surface area contributed by atoms with Gasteiger partial charge in [-0.3, -0.25) is 0 Å². The second-order valence-corrected chi connectivity index (χ2v) is 4.75. The summed E-state index contributed by atoms with van der Waals surface area (Å²) in [7, 11) is 0. The molecular weight excluding hydrogens is 277 g/mol. The van der Waals surface area contributed by atoms with Crippen LogP contribution >= 0.6 is 0 Å². The van der Waals surface area contributed by atoms with E-state index in [4.69, 9.17) is 10.5 Å². The van der Waals surface area contributed by atoms with E-state index < -0.39 is 0 Å². The van der Waals surface area contributed by atoms with Crippen LogP contribution in [0.25, 0.3) is 11.3 Å². The summed E-state index contributed by atoms with van der Waals surface area (Å²) in [6.45, 7) is 0. The van der Waals surface area contributed by atoms with Crippen molar-refractivity contribution in [1.29, 1.82) is 10.5 Å². The molecule has 0 amide bonds. The molecule has 3 nitrogen and oxygen atoms in total. The van der Waals surface area contributed by atoms with Gasteiger partial charge in [-0.05, 0) is 24.3 Å². The molecule has 1 heterocycles. The molecule has 0 bridgehead atoms. The van der Waals surface area contributed by atoms with Crippen molar-refractivity contribution < 1.29 is 4.39 Å². The van der Waals surface area contributed by atoms with Crippen molar-refractivity contribution in [3.8, 4) is 12.1 Å². The van der Waals surface area contributed by atoms with Crippen LogP contribution in [-0.4, -0.2) is 0 Å². The summed E-state index contributed by atoms with van der Waals surface area (Å²) in [6.07, 6.45) is 1.71. The fraction of sp³-hybridized carbons (Fsp3) is 0. The molecule has 2 aromatic rings. The van der Waals surface area contributed by atoms with E-state index in [1.54, 1.807) is 18.2 Å². The van der Waals surface area contributed by atoms with E-state index in [-0.39, 0.29) is 11.4 Å². The third kappa shape index (κ3) is 2.34. The lowest BCUT2D eigenvalue weighted by molar-refractivity contribution is 0.627. The van der Waals surface area contributed by atoms with Crippen LogP contribution in [0.1, 0.15) is 11.1 Å². The number of nitrogens with zero attached hydrogens (tertiary/aromatic N) is 2. The van der Waals surface area contributed by atoms with Crippen LogP contribution in [0.3, 0.4) is 0 Å². The third-order valence-electron chi connectivity index (χ3n) is 3.40. The van der Waals surface area contributed by atoms with Gasteiger partial charge in [0.05, 0.1) is 0 Å². The monoisotopic (exact) mass is 287 g/mol. The molecule has 1 aliphatic heterocycles. The Labute approximate surface area is 127 Å². The molecule has 0 spiro atoms. The Kier molecular flexibility index (Phi) is 3.43. The highest BCUT2D eigenvalue weighted by molar-refractivity contribution is 5.99. The van der Waals surface area contributed by atoms with E-state index >= 15 is 0 Å². The minimum Gasteiger partial charge on any atom is -0.355 e. The summed E-state index contributed by atoms with van der Waals surface area (Å²) < 4.78 is 13.4. The minimum absolute atomic E-state index is 0.0304. The number of anilines is 1. The van der Waals surface area contributed by atoms with Crippen LogP contribution in [-0.2, 0) is 0 Å². The number of allylic oxidation sites excluding steroid dienone is 3. The molecule has 4 heteroatoms. The van der Waals surface area contributed by atoms with Gasteiger partial charge in [0, 0.05) is 28.1 Å². The van der Waals surface area contributed by atoms with Gasteiger partial charge < -0.3 is 5.32 Å². The zero-order valence-corrected chi connectivity index (χ0v) is 11.5. The Balaban J connectivity index is 2.22. The number of hydrogen-bond donors (Lipinski definition) is 1. The second kappa shape index (κ2) is 5.55. The van der Waals surface area contributed by atoms with Crippen LogP contribution in [0.5, 0.6) is 0 Å². The molecule has 2 aromatic carbocycles. The lowest BCUT2D eigenvalue weighted by Crippen LogP contribution is -2.07. The largest absolute Gasteiger partial charge is 0.355 e. The van der Waals surface area contributed by atoms with Crippen molar-refractivity contribution in [2.24, 2.45) is 0 Å². The maximum Gasteiger partial charge on any atom is 0.137 e. The Morgan fingerprint density at radius 2 is 1.77 bits per heavy atom. The number of nitriles is 2. The first kappa shape index (κ1) is 13.6. The van der Waals surface area contributed by atoms with Crippen molar-refractivity contribution in [3.05, 3.63) is 77.1 Å². The number of para-hydroxylation sites is 1. The molecule has 0 fully saturated rings. The zero-order chi connectivity index (χ0) is 15.5. The minimum atomic E-state index is -0.342. The predicted octanol–water partition coefficient (Wildman–Crippen LogP) is 4.09. The van der Waals surface area contributed by atoms with E-state index in [1.807, 2.05) is 36.4 Å². The maximum atomic E-state index is 13.4. The van der Waals surface area contributed by atoms with Gasteiger partial charge in [0.1, 0.15) is 23.5 Å². The Hall–Kier alpha value is -3.37. The van der Waals surface area contributed by atoms with Gasteiger partial charge in [-0.1, -0.05) is 30.3 Å². The average Bonchev–Trinajstić information content (AvgIpc) is 2.55. The van der Waals surface area contributed by atoms with Crippen molar-refractivity contribution >= 4 is 17.0 Å². The van der Waals surface area contributed by atoms with Gasteiger partial charge in [-0.25, -0.2) is 4.39 Å². The van der Waals surface area contributed by atoms with E-state index in [0.717, 1.165) is 11.3 Å². The van der Waals surface area contributed by atoms with E-state index in [2.05, 4.69) is 5.32 Å². The summed E-state index contributed by atoms with van der Waals surface area (Å²) in [6, 6.07) is 17.4. The molecule has 1 N–H and O–H groups in total. The number of hydrogen-bond acceptors (Lipinski definition) is 3. The van der Waals surface area contributed by atoms with Gasteiger partial charge in [-0.2, -0.15) is 10.5 Å². The molecule has 0 aromatic heterocycles. The van der Waals surface area contributed by atoms with Crippen LogP contribution < -0.4 is 5.32 Å². The first-order valence-electron chi connectivity index (χ1n) is 6.61. The summed E-state index contributed by atoms with van der Waals surface area (Å²) >= 11 is 0. The molecule has 3 rings (SSSR count). The number of fused-ring (bicyclic) bond motifs is 1. The predicted molar refractivity (Wildman–Crippen MR) is 82.6 cm³/mol. The van der Waals surface area contributed by atoms with Crippen LogP contribution in [0.4, 0.5) is 10.1 Å². The van der Waals surface area contributed by atoms with Crippen molar-refractivity contribution in [2.45, 2.75) is 0 Å². The van der Waals surface area contributed by atoms with Crippen LogP contribution in [0.15, 0.2) is 60.2 Å². The van der Waals surface area contributed by atoms with Crippen LogP contribution in [0.2, 0.25) is 0 Å². The molecule has 0 saturated carbocycles. The Morgan fingerprint density at radius 3 is 2.50 bits per heavy atom. The first-order chi connectivity index (χ1) is 10.7. The number of rotatable bonds is 1. The summed E-state index contributed by atoms with van der Waals surface area (Å²) in [5.41, 5.74) is 3.43. The second-order valence-electron chi connectivity index (χ2n) is 4.75. The van der Waals surface area contributed by atoms with Crippen molar-refractivity contribution in [2.75, 3.05) is 5.32 Å². The lowest BCUT2D eigenvalue weighted by Gasteiger charge is -2.21. The first-order valence-corrected chi connectivity index (χ1v) is 6.61. The molecular formula is C18H10FN3. The van der Waals surface area contributed by atoms with Crippen molar-refractivity contribution in [3.63, 3.8) is 0 Å². The molecule has 0 atom stereocenters. The number of nitrogens with one attached hydrogen (secondary N) is 1. The zero-order valence-electron chi connectivity index (χ0n) is 11.5. The van der Waals surface area contributed by atoms with E-state index in [0.29, 0.717) is 16.8 Å². The molecule has 0 saturated heterocycles. The van der Waals surface area contributed by atoms with Crippen LogP contribution in [0, 0.1) is 28.5 Å². The van der Waals surface area contributed by atoms with Gasteiger partial charge >= 0.3 is 0 Å². The average molecular weight is 287 g/mol. The van der Waals surface area contributed by atoms with Gasteiger partial charge in [0.25, 0.3) is 0 Å². The normalized spacial score (nSPS) is 12.3. The molecule has 104 valence electrons. The standard InChI is InChI=1S/C18H10FN3/c19-14-5-3-4-12(8-14)18-9-16(13(10-20)11-21)15-6-1-2-7-17(15)22-18/h1-9,22H. The van der Waals surface area contributed by atoms with E-state index in [1.165, 1.54) is 12.1 Å². The lowest BCUT2D eigenvalue weighted by atomic mass is 9.93. The molecule has 0 unspecified atom stereocenters. The fourth-order valence-electron chi connectivity index (χ4n) is 2.39. The van der Waals surface area contributed by atoms with Crippen molar-refractivity contribution in [1.82, 2.24) is 0 Å². The quantitative estimate of drug-likeness (QED) is 0.803. The third-order valence-corrected chi connectivity index (χ3v) is 3.40. The molecule has 22 heavy (non-hydrogen) atoms. The maximum absolute atomic E-state index is 13.4. The van der Waals surface area contributed by atoms with E-state index in [9.17, 15) is 4.39 Å². The summed E-state index contributed by atoms with van der Waals surface area (Å²) in [5.74, 6) is -0.342. The van der Waals surface area contributed by atoms with Gasteiger partial charge in [-0.15, -0.1) is 0 Å².